The second-order valence-electron chi connectivity index (χ2n) is 8.99. The number of rotatable bonds is 6. The molecular formula is C21H29N7O4S. The van der Waals surface area contributed by atoms with Gasteiger partial charge in [-0.15, -0.1) is 0 Å². The van der Waals surface area contributed by atoms with Crippen molar-refractivity contribution >= 4 is 35.2 Å². The highest BCUT2D eigenvalue weighted by Crippen LogP contribution is 2.36. The second kappa shape index (κ2) is 8.67. The van der Waals surface area contributed by atoms with E-state index in [-0.39, 0.29) is 18.0 Å². The van der Waals surface area contributed by atoms with Gasteiger partial charge in [0.2, 0.25) is 0 Å². The lowest BCUT2D eigenvalue weighted by atomic mass is 10.2. The summed E-state index contributed by atoms with van der Waals surface area (Å²) in [5.74, 6) is -0.195. The molecule has 178 valence electrons. The van der Waals surface area contributed by atoms with Gasteiger partial charge in [0.05, 0.1) is 31.1 Å². The zero-order valence-corrected chi connectivity index (χ0v) is 19.6. The van der Waals surface area contributed by atoms with Crippen molar-refractivity contribution in [1.29, 1.82) is 0 Å². The highest BCUT2D eigenvalue weighted by molar-refractivity contribution is 7.97. The van der Waals surface area contributed by atoms with Gasteiger partial charge in [-0.1, -0.05) is 0 Å². The summed E-state index contributed by atoms with van der Waals surface area (Å²) in [6, 6.07) is 2.05. The molecule has 11 nitrogen and oxygen atoms in total. The number of nitrogens with one attached hydrogen (secondary N) is 2. The summed E-state index contributed by atoms with van der Waals surface area (Å²) in [6.45, 7) is 3.58. The first-order valence-corrected chi connectivity index (χ1v) is 11.9. The lowest BCUT2D eigenvalue weighted by Gasteiger charge is -2.37. The van der Waals surface area contributed by atoms with Crippen molar-refractivity contribution in [3.8, 4) is 0 Å². The number of fused-ring (bicyclic) bond motifs is 1. The molecule has 2 saturated heterocycles. The van der Waals surface area contributed by atoms with E-state index in [1.807, 2.05) is 21.6 Å². The van der Waals surface area contributed by atoms with Crippen molar-refractivity contribution in [2.24, 2.45) is 0 Å². The number of imidazole rings is 1. The van der Waals surface area contributed by atoms with Gasteiger partial charge in [-0.25, -0.2) is 14.5 Å². The number of aromatic nitrogens is 2. The number of hydrogen-bond acceptors (Lipinski definition) is 8. The average molecular weight is 476 g/mol. The monoisotopic (exact) mass is 475 g/mol. The van der Waals surface area contributed by atoms with Crippen LogP contribution in [0.4, 0.5) is 10.5 Å². The molecule has 2 aromatic rings. The molecule has 3 amide bonds. The number of hydrogen-bond donors (Lipinski definition) is 3. The number of nitrogens with zero attached hydrogens (tertiary/aromatic N) is 5. The molecule has 3 aliphatic rings. The zero-order valence-electron chi connectivity index (χ0n) is 18.8. The lowest BCUT2D eigenvalue weighted by Crippen LogP contribution is -2.51. The average Bonchev–Trinajstić information content (AvgIpc) is 3.36. The van der Waals surface area contributed by atoms with Crippen LogP contribution < -0.4 is 14.9 Å². The summed E-state index contributed by atoms with van der Waals surface area (Å²) >= 11 is 1.35. The highest BCUT2D eigenvalue weighted by Gasteiger charge is 2.40. The number of carbonyl (C=O) groups is 2. The van der Waals surface area contributed by atoms with Gasteiger partial charge in [-0.2, -0.15) is 0 Å². The fraction of sp³-hybridized carbons (Fsp3) is 0.571. The van der Waals surface area contributed by atoms with Crippen molar-refractivity contribution < 1.29 is 19.4 Å². The van der Waals surface area contributed by atoms with E-state index >= 15 is 0 Å². The molecule has 0 spiro atoms. The molecule has 1 aliphatic carbocycles. The van der Waals surface area contributed by atoms with Crippen LogP contribution in [0.15, 0.2) is 23.4 Å². The summed E-state index contributed by atoms with van der Waals surface area (Å²) in [5, 5.41) is 13.2. The fourth-order valence-electron chi connectivity index (χ4n) is 3.88. The Morgan fingerprint density at radius 1 is 1.24 bits per heavy atom. The highest BCUT2D eigenvalue weighted by atomic mass is 32.2. The summed E-state index contributed by atoms with van der Waals surface area (Å²) in [5.41, 5.74) is 1.21. The predicted molar refractivity (Wildman–Crippen MR) is 123 cm³/mol. The maximum Gasteiger partial charge on any atom is 0.319 e. The molecule has 5 rings (SSSR count). The first-order chi connectivity index (χ1) is 15.8. The number of aliphatic hydroxyl groups is 1. The smallest absolute Gasteiger partial charge is 0.319 e. The molecular weight excluding hydrogens is 446 g/mol. The first kappa shape index (κ1) is 22.3. The van der Waals surface area contributed by atoms with E-state index in [4.69, 9.17) is 4.74 Å². The minimum Gasteiger partial charge on any atom is -0.377 e. The first-order valence-electron chi connectivity index (χ1n) is 11.1. The molecule has 3 N–H and O–H groups in total. The van der Waals surface area contributed by atoms with Crippen LogP contribution in [0.5, 0.6) is 0 Å². The quantitative estimate of drug-likeness (QED) is 0.405. The number of anilines is 1. The van der Waals surface area contributed by atoms with Gasteiger partial charge < -0.3 is 29.9 Å². The maximum atomic E-state index is 12.9. The molecule has 2 aliphatic heterocycles. The predicted octanol–water partition coefficient (Wildman–Crippen LogP) is 0.346. The van der Waals surface area contributed by atoms with Crippen molar-refractivity contribution in [2.45, 2.75) is 29.5 Å². The zero-order chi connectivity index (χ0) is 23.2. The molecule has 0 atom stereocenters. The molecule has 0 bridgehead atoms. The van der Waals surface area contributed by atoms with Crippen molar-refractivity contribution in [3.63, 3.8) is 0 Å². The van der Waals surface area contributed by atoms with Crippen LogP contribution in [0.2, 0.25) is 0 Å². The van der Waals surface area contributed by atoms with Crippen LogP contribution in [-0.4, -0.2) is 101 Å². The summed E-state index contributed by atoms with van der Waals surface area (Å²) in [7, 11) is 3.51. The van der Waals surface area contributed by atoms with Gasteiger partial charge in [0.15, 0.2) is 5.65 Å². The Hall–Kier alpha value is -2.54. The molecule has 0 radical (unpaired) electrons. The summed E-state index contributed by atoms with van der Waals surface area (Å²) in [6.07, 6.45) is 4.90. The van der Waals surface area contributed by atoms with Crippen LogP contribution in [0.3, 0.4) is 0 Å². The molecule has 2 aromatic heterocycles. The topological polar surface area (TPSA) is 115 Å². The number of pyridine rings is 1. The normalized spacial score (nSPS) is 20.0. The van der Waals surface area contributed by atoms with Crippen molar-refractivity contribution in [1.82, 2.24) is 29.2 Å². The largest absolute Gasteiger partial charge is 0.377 e. The summed E-state index contributed by atoms with van der Waals surface area (Å²) in [4.78, 5) is 36.2. The number of piperazine rings is 1. The minimum atomic E-state index is -0.822. The van der Waals surface area contributed by atoms with Gasteiger partial charge in [0, 0.05) is 51.4 Å². The molecule has 12 heteroatoms. The Morgan fingerprint density at radius 2 is 1.97 bits per heavy atom. The Labute approximate surface area is 196 Å². The van der Waals surface area contributed by atoms with E-state index in [2.05, 4.69) is 19.9 Å². The van der Waals surface area contributed by atoms with Crippen molar-refractivity contribution in [2.75, 3.05) is 58.4 Å². The fourth-order valence-corrected chi connectivity index (χ4v) is 4.72. The van der Waals surface area contributed by atoms with Crippen LogP contribution >= 0.6 is 11.9 Å². The van der Waals surface area contributed by atoms with E-state index in [1.165, 1.54) is 11.9 Å². The van der Waals surface area contributed by atoms with Crippen molar-refractivity contribution in [3.05, 3.63) is 24.2 Å². The van der Waals surface area contributed by atoms with E-state index in [0.29, 0.717) is 50.7 Å². The molecule has 33 heavy (non-hydrogen) atoms. The second-order valence-corrected chi connectivity index (χ2v) is 9.87. The van der Waals surface area contributed by atoms with Gasteiger partial charge >= 0.3 is 6.03 Å². The number of amides is 3. The third kappa shape index (κ3) is 4.60. The SMILES string of the molecule is CN(C)C(=O)N1CCN(c2cc(SNC3(O)CC3)cn3c(C(=O)NC4COC4)cnc23)CC1. The molecule has 0 aromatic carbocycles. The van der Waals surface area contributed by atoms with Gasteiger partial charge in [0.25, 0.3) is 5.91 Å². The standard InChI is InChI=1S/C21H29N7O4S/c1-25(2)20(30)27-7-5-26(6-8-27)16-9-15(33-24-21(31)3-4-21)11-28-17(10-22-18(16)28)19(29)23-14-12-32-13-14/h9-11,14,24,31H,3-8,12-13H2,1-2H3,(H,23,29). The molecule has 0 unspecified atom stereocenters. The van der Waals surface area contributed by atoms with E-state index < -0.39 is 5.72 Å². The van der Waals surface area contributed by atoms with Gasteiger partial charge in [-0.05, 0) is 30.9 Å². The van der Waals surface area contributed by atoms with Crippen LogP contribution in [0.25, 0.3) is 5.65 Å². The van der Waals surface area contributed by atoms with E-state index in [1.54, 1.807) is 25.2 Å². The number of carbonyl (C=O) groups excluding carboxylic acids is 2. The van der Waals surface area contributed by atoms with Crippen LogP contribution in [0, 0.1) is 0 Å². The molecule has 1 saturated carbocycles. The Morgan fingerprint density at radius 3 is 2.58 bits per heavy atom. The van der Waals surface area contributed by atoms with Gasteiger partial charge in [0.1, 0.15) is 11.4 Å². The Bertz CT molecular complexity index is 1060. The minimum absolute atomic E-state index is 0.00530. The summed E-state index contributed by atoms with van der Waals surface area (Å²) < 4.78 is 10.1. The Kier molecular flexibility index (Phi) is 5.85. The maximum absolute atomic E-state index is 12.9. The van der Waals surface area contributed by atoms with E-state index in [9.17, 15) is 14.7 Å². The van der Waals surface area contributed by atoms with Gasteiger partial charge in [-0.3, -0.25) is 9.20 Å². The molecule has 3 fully saturated rings. The Balaban J connectivity index is 1.42. The third-order valence-corrected chi connectivity index (χ3v) is 7.06. The lowest BCUT2D eigenvalue weighted by molar-refractivity contribution is -0.00356. The van der Waals surface area contributed by atoms with E-state index in [0.717, 1.165) is 23.4 Å². The molecule has 4 heterocycles. The number of ether oxygens (including phenoxy) is 1. The third-order valence-electron chi connectivity index (χ3n) is 6.12. The van der Waals surface area contributed by atoms with Crippen LogP contribution in [-0.2, 0) is 4.74 Å². The van der Waals surface area contributed by atoms with Crippen LogP contribution in [0.1, 0.15) is 23.3 Å². The number of urea groups is 1.